The third-order valence-electron chi connectivity index (χ3n) is 13.1. The van der Waals surface area contributed by atoms with Gasteiger partial charge in [0.15, 0.2) is 6.10 Å². The predicted molar refractivity (Wildman–Crippen MR) is 315 cm³/mol. The number of unbranched alkanes of at least 4 members (excludes halogenated alkanes) is 29. The molecule has 0 aromatic rings. The number of aliphatic hydroxyl groups is 1. The minimum absolute atomic E-state index is 0.0695. The Labute approximate surface area is 446 Å². The molecule has 5 nitrogen and oxygen atoms in total. The van der Waals surface area contributed by atoms with E-state index < -0.39 is 6.10 Å². The molecular formula is C67H114O5. The minimum atomic E-state index is -0.780. The zero-order valence-corrected chi connectivity index (χ0v) is 47.2. The van der Waals surface area contributed by atoms with Crippen molar-refractivity contribution < 1.29 is 24.2 Å². The van der Waals surface area contributed by atoms with Gasteiger partial charge in [-0.25, -0.2) is 0 Å². The zero-order chi connectivity index (χ0) is 52.0. The van der Waals surface area contributed by atoms with Crippen LogP contribution in [0, 0.1) is 0 Å². The van der Waals surface area contributed by atoms with E-state index in [4.69, 9.17) is 9.47 Å². The second-order valence-electron chi connectivity index (χ2n) is 20.0. The fourth-order valence-corrected chi connectivity index (χ4v) is 8.58. The standard InChI is InChI=1S/C67H114O5/c1-3-5-7-9-11-13-15-17-19-21-23-25-27-29-31-32-33-34-36-37-39-41-43-45-47-49-51-53-55-57-59-61-66(69)71-64-65(63-68)72-67(70)62-60-58-56-54-52-50-48-46-44-42-40-38-35-30-28-26-24-22-20-18-16-14-12-10-8-6-4-2/h5-8,11-14,17-20,23-26,30,35,65,68H,3-4,9-10,15-16,21-22,27-29,31-34,36-64H2,1-2H3/b7-5-,8-6-,13-11-,14-12-,19-17-,20-18-,25-23-,26-24-,35-30-. The summed E-state index contributed by atoms with van der Waals surface area (Å²) in [6.07, 6.45) is 89.3. The lowest BCUT2D eigenvalue weighted by Gasteiger charge is -2.15. The van der Waals surface area contributed by atoms with Gasteiger partial charge in [0, 0.05) is 12.8 Å². The van der Waals surface area contributed by atoms with Crippen molar-refractivity contribution >= 4 is 11.9 Å². The summed E-state index contributed by atoms with van der Waals surface area (Å²) in [6, 6.07) is 0. The maximum atomic E-state index is 12.3. The molecule has 0 radical (unpaired) electrons. The first-order valence-corrected chi connectivity index (χ1v) is 30.4. The molecule has 0 heterocycles. The molecular weight excluding hydrogens is 885 g/mol. The van der Waals surface area contributed by atoms with Crippen molar-refractivity contribution in [1.82, 2.24) is 0 Å². The molecule has 0 saturated carbocycles. The van der Waals surface area contributed by atoms with Gasteiger partial charge in [0.05, 0.1) is 6.61 Å². The smallest absolute Gasteiger partial charge is 0.306 e. The first-order valence-electron chi connectivity index (χ1n) is 30.4. The number of esters is 2. The van der Waals surface area contributed by atoms with E-state index in [0.717, 1.165) is 96.3 Å². The van der Waals surface area contributed by atoms with Crippen molar-refractivity contribution in [2.45, 2.75) is 290 Å². The number of ether oxygens (including phenoxy) is 2. The highest BCUT2D eigenvalue weighted by Crippen LogP contribution is 2.17. The molecule has 0 aliphatic carbocycles. The molecule has 0 aliphatic rings. The number of carbonyl (C=O) groups excluding carboxylic acids is 2. The third-order valence-corrected chi connectivity index (χ3v) is 13.1. The number of aliphatic hydroxyl groups excluding tert-OH is 1. The highest BCUT2D eigenvalue weighted by molar-refractivity contribution is 5.70. The molecule has 0 aromatic heterocycles. The molecule has 1 unspecified atom stereocenters. The molecule has 0 rings (SSSR count). The summed E-state index contributed by atoms with van der Waals surface area (Å²) in [7, 11) is 0. The van der Waals surface area contributed by atoms with Crippen LogP contribution in [0.5, 0.6) is 0 Å². The molecule has 72 heavy (non-hydrogen) atoms. The summed E-state index contributed by atoms with van der Waals surface area (Å²) in [5.74, 6) is -0.589. The van der Waals surface area contributed by atoms with E-state index in [0.29, 0.717) is 12.8 Å². The van der Waals surface area contributed by atoms with E-state index in [9.17, 15) is 14.7 Å². The lowest BCUT2D eigenvalue weighted by molar-refractivity contribution is -0.161. The second-order valence-corrected chi connectivity index (χ2v) is 20.0. The Balaban J connectivity index is 3.48. The van der Waals surface area contributed by atoms with Gasteiger partial charge >= 0.3 is 11.9 Å². The number of carbonyl (C=O) groups is 2. The number of allylic oxidation sites excluding steroid dienone is 18. The van der Waals surface area contributed by atoms with Gasteiger partial charge in [-0.2, -0.15) is 0 Å². The van der Waals surface area contributed by atoms with Crippen LogP contribution in [-0.2, 0) is 19.1 Å². The summed E-state index contributed by atoms with van der Waals surface area (Å²) in [6.45, 7) is 3.93. The maximum absolute atomic E-state index is 12.3. The molecule has 0 saturated heterocycles. The van der Waals surface area contributed by atoms with Crippen LogP contribution in [0.15, 0.2) is 109 Å². The molecule has 1 N–H and O–H groups in total. The number of hydrogen-bond acceptors (Lipinski definition) is 5. The Morgan fingerprint density at radius 1 is 0.319 bits per heavy atom. The summed E-state index contributed by atoms with van der Waals surface area (Å²) in [5, 5.41) is 9.68. The van der Waals surface area contributed by atoms with Crippen molar-refractivity contribution in [3.05, 3.63) is 109 Å². The topological polar surface area (TPSA) is 72.8 Å². The number of hydrogen-bond donors (Lipinski definition) is 1. The fraction of sp³-hybridized carbons (Fsp3) is 0.701. The van der Waals surface area contributed by atoms with E-state index in [1.165, 1.54) is 161 Å². The van der Waals surface area contributed by atoms with E-state index in [2.05, 4.69) is 123 Å². The van der Waals surface area contributed by atoms with E-state index in [1.807, 2.05) is 0 Å². The Bertz CT molecular complexity index is 1410. The van der Waals surface area contributed by atoms with Crippen LogP contribution in [0.3, 0.4) is 0 Å². The SMILES string of the molecule is CC/C=C\C/C=C\C/C=C\C/C=C\C/C=C\CCCCCCCCCCCCCC(=O)OC(CO)COC(=O)CCCCCCCCCCCCCCCCCCCC/C=C\C/C=C\C/C=C\C/C=C\CC. The van der Waals surface area contributed by atoms with Gasteiger partial charge in [0.2, 0.25) is 0 Å². The van der Waals surface area contributed by atoms with Crippen molar-refractivity contribution in [2.24, 2.45) is 0 Å². The molecule has 5 heteroatoms. The summed E-state index contributed by atoms with van der Waals surface area (Å²) >= 11 is 0. The normalized spacial score (nSPS) is 13.0. The Morgan fingerprint density at radius 2 is 0.556 bits per heavy atom. The largest absolute Gasteiger partial charge is 0.462 e. The van der Waals surface area contributed by atoms with Gasteiger partial charge in [-0.3, -0.25) is 9.59 Å². The van der Waals surface area contributed by atoms with Crippen molar-refractivity contribution in [3.63, 3.8) is 0 Å². The summed E-state index contributed by atoms with van der Waals surface area (Å²) in [4.78, 5) is 24.6. The summed E-state index contributed by atoms with van der Waals surface area (Å²) in [5.41, 5.74) is 0. The first-order chi connectivity index (χ1) is 35.6. The predicted octanol–water partition coefficient (Wildman–Crippen LogP) is 20.9. The number of rotatable bonds is 55. The second kappa shape index (κ2) is 61.9. The lowest BCUT2D eigenvalue weighted by Crippen LogP contribution is -2.28. The Hall–Kier alpha value is -3.44. The van der Waals surface area contributed by atoms with Crippen LogP contribution in [0.1, 0.15) is 284 Å². The quantitative estimate of drug-likeness (QED) is 0.0373. The monoisotopic (exact) mass is 999 g/mol. The van der Waals surface area contributed by atoms with Gasteiger partial charge in [0.25, 0.3) is 0 Å². The highest BCUT2D eigenvalue weighted by atomic mass is 16.6. The van der Waals surface area contributed by atoms with Gasteiger partial charge in [-0.05, 0) is 96.3 Å². The highest BCUT2D eigenvalue weighted by Gasteiger charge is 2.16. The van der Waals surface area contributed by atoms with Crippen LogP contribution in [-0.4, -0.2) is 36.4 Å². The van der Waals surface area contributed by atoms with Crippen LogP contribution in [0.25, 0.3) is 0 Å². The molecule has 0 fully saturated rings. The molecule has 0 aromatic carbocycles. The van der Waals surface area contributed by atoms with Crippen LogP contribution in [0.2, 0.25) is 0 Å². The molecule has 0 bridgehead atoms. The fourth-order valence-electron chi connectivity index (χ4n) is 8.58. The van der Waals surface area contributed by atoms with Crippen LogP contribution in [0.4, 0.5) is 0 Å². The lowest BCUT2D eigenvalue weighted by atomic mass is 10.0. The Morgan fingerprint density at radius 3 is 0.833 bits per heavy atom. The molecule has 0 amide bonds. The van der Waals surface area contributed by atoms with E-state index in [-0.39, 0.29) is 25.2 Å². The van der Waals surface area contributed by atoms with Gasteiger partial charge in [0.1, 0.15) is 6.61 Å². The van der Waals surface area contributed by atoms with Crippen molar-refractivity contribution in [2.75, 3.05) is 13.2 Å². The minimum Gasteiger partial charge on any atom is -0.462 e. The van der Waals surface area contributed by atoms with Gasteiger partial charge in [-0.1, -0.05) is 284 Å². The zero-order valence-electron chi connectivity index (χ0n) is 47.2. The molecule has 0 aliphatic heterocycles. The maximum Gasteiger partial charge on any atom is 0.306 e. The van der Waals surface area contributed by atoms with Crippen LogP contribution >= 0.6 is 0 Å². The van der Waals surface area contributed by atoms with E-state index >= 15 is 0 Å². The van der Waals surface area contributed by atoms with Crippen molar-refractivity contribution in [3.8, 4) is 0 Å². The average Bonchev–Trinajstić information content (AvgIpc) is 3.38. The van der Waals surface area contributed by atoms with Gasteiger partial charge in [-0.15, -0.1) is 0 Å². The molecule has 0 spiro atoms. The average molecular weight is 1000 g/mol. The van der Waals surface area contributed by atoms with E-state index in [1.54, 1.807) is 0 Å². The first kappa shape index (κ1) is 68.6. The summed E-state index contributed by atoms with van der Waals surface area (Å²) < 4.78 is 10.7. The Kier molecular flexibility index (Phi) is 58.9. The van der Waals surface area contributed by atoms with Crippen LogP contribution < -0.4 is 0 Å². The molecule has 412 valence electrons. The third kappa shape index (κ3) is 59.1. The van der Waals surface area contributed by atoms with Gasteiger partial charge < -0.3 is 14.6 Å². The van der Waals surface area contributed by atoms with Crippen molar-refractivity contribution in [1.29, 1.82) is 0 Å². The molecule has 1 atom stereocenters.